The van der Waals surface area contributed by atoms with Crippen molar-refractivity contribution >= 4 is 101 Å². The van der Waals surface area contributed by atoms with Crippen LogP contribution in [0.25, 0.3) is 55.6 Å². The van der Waals surface area contributed by atoms with Crippen molar-refractivity contribution in [3.8, 4) is 55.6 Å². The van der Waals surface area contributed by atoms with Gasteiger partial charge in [-0.15, -0.1) is 16.4 Å². The molecule has 0 amide bonds. The van der Waals surface area contributed by atoms with Gasteiger partial charge in [-0.3, -0.25) is 0 Å². The van der Waals surface area contributed by atoms with Gasteiger partial charge in [0.25, 0.3) is 0 Å². The predicted molar refractivity (Wildman–Crippen MR) is 329 cm³/mol. The second-order valence-corrected chi connectivity index (χ2v) is 20.2. The quantitative estimate of drug-likeness (QED) is 0.133. The standard InChI is InChI=1S/C67H51B5N2/c68-62-61(63(69)65(71)66(72)64(62)70)44-29-32-48(33-30-44)74(60-38-31-45(42-17-5-1-6-18-42)39-55(60)43-19-7-2-8-20-43)50-35-37-54-52-26-14-16-28-57(52)67(59(54)41-50)56-27-15-13-25-51(56)53-36-34-49(40-58(53)67)73(46-21-9-3-10-22-46)47-23-11-4-12-24-47/h1-41H,68-72H2. The fourth-order valence-corrected chi connectivity index (χ4v) is 12.5. The van der Waals surface area contributed by atoms with Crippen LogP contribution in [0.3, 0.4) is 0 Å². The molecule has 0 saturated heterocycles. The SMILES string of the molecule is Bc1c(B)c(B)c(-c2ccc(N(c3ccc4c(c3)C3(c5ccccc5-c5ccc(N(c6ccccc6)c6ccccc6)cc53)c3ccccc3-4)c3ccc(-c4ccccc4)cc3-c3ccccc3)cc2)c(B)c1B. The normalized spacial score (nSPS) is 13.7. The summed E-state index contributed by atoms with van der Waals surface area (Å²) in [6, 6.07) is 92.3. The summed E-state index contributed by atoms with van der Waals surface area (Å²) in [5.74, 6) is 0. The van der Waals surface area contributed by atoms with Crippen LogP contribution in [-0.4, -0.2) is 39.2 Å². The third-order valence-electron chi connectivity index (χ3n) is 16.4. The lowest BCUT2D eigenvalue weighted by molar-refractivity contribution is 0.793. The number of para-hydroxylation sites is 2. The monoisotopic (exact) mass is 938 g/mol. The third-order valence-corrected chi connectivity index (χ3v) is 16.4. The van der Waals surface area contributed by atoms with Gasteiger partial charge in [-0.1, -0.05) is 187 Å². The molecule has 13 rings (SSSR count). The van der Waals surface area contributed by atoms with E-state index in [9.17, 15) is 0 Å². The number of fused-ring (bicyclic) bond motifs is 10. The van der Waals surface area contributed by atoms with Crippen molar-refractivity contribution in [1.82, 2.24) is 0 Å². The second-order valence-electron chi connectivity index (χ2n) is 20.2. The fourth-order valence-electron chi connectivity index (χ4n) is 12.5. The van der Waals surface area contributed by atoms with Gasteiger partial charge in [-0.25, -0.2) is 0 Å². The molecule has 1 unspecified atom stereocenters. The Morgan fingerprint density at radius 3 is 1.16 bits per heavy atom. The Morgan fingerprint density at radius 2 is 0.635 bits per heavy atom. The molecule has 0 N–H and O–H groups in total. The summed E-state index contributed by atoms with van der Waals surface area (Å²) in [6.07, 6.45) is 0. The molecule has 11 aromatic carbocycles. The molecule has 1 atom stereocenters. The van der Waals surface area contributed by atoms with Crippen LogP contribution >= 0.6 is 0 Å². The molecule has 2 nitrogen and oxygen atoms in total. The highest BCUT2D eigenvalue weighted by molar-refractivity contribution is 6.68. The van der Waals surface area contributed by atoms with E-state index in [-0.39, 0.29) is 0 Å². The van der Waals surface area contributed by atoms with E-state index in [0.717, 1.165) is 45.3 Å². The average molecular weight is 938 g/mol. The van der Waals surface area contributed by atoms with E-state index in [1.807, 2.05) is 0 Å². The topological polar surface area (TPSA) is 6.48 Å². The lowest BCUT2D eigenvalue weighted by Gasteiger charge is -2.34. The lowest BCUT2D eigenvalue weighted by Crippen LogP contribution is -2.55. The predicted octanol–water partition coefficient (Wildman–Crippen LogP) is 9.26. The first kappa shape index (κ1) is 45.2. The Hall–Kier alpha value is -8.66. The largest absolute Gasteiger partial charge is 0.310 e. The molecule has 74 heavy (non-hydrogen) atoms. The first-order valence-corrected chi connectivity index (χ1v) is 25.9. The van der Waals surface area contributed by atoms with Crippen molar-refractivity contribution in [2.24, 2.45) is 0 Å². The smallest absolute Gasteiger partial charge is 0.139 e. The van der Waals surface area contributed by atoms with Gasteiger partial charge in [0, 0.05) is 34.0 Å². The summed E-state index contributed by atoms with van der Waals surface area (Å²) in [4.78, 5) is 4.90. The summed E-state index contributed by atoms with van der Waals surface area (Å²) in [6.45, 7) is 0. The molecule has 2 aliphatic carbocycles. The van der Waals surface area contributed by atoms with E-state index in [0.29, 0.717) is 0 Å². The minimum absolute atomic E-state index is 0.603. The highest BCUT2D eigenvalue weighted by Gasteiger charge is 2.52. The molecule has 0 radical (unpaired) electrons. The zero-order valence-electron chi connectivity index (χ0n) is 42.6. The molecule has 7 heteroatoms. The maximum atomic E-state index is 2.52. The number of benzene rings is 11. The molecule has 1 spiro atoms. The van der Waals surface area contributed by atoms with Crippen LogP contribution in [-0.2, 0) is 5.41 Å². The Balaban J connectivity index is 1.06. The minimum Gasteiger partial charge on any atom is -0.310 e. The lowest BCUT2D eigenvalue weighted by atomic mass is 9.60. The highest BCUT2D eigenvalue weighted by Crippen LogP contribution is 2.64. The Bertz CT molecular complexity index is 3880. The third kappa shape index (κ3) is 7.09. The molecular formula is C67H51B5N2. The number of rotatable bonds is 9. The van der Waals surface area contributed by atoms with Crippen LogP contribution < -0.4 is 37.1 Å². The van der Waals surface area contributed by atoms with Crippen LogP contribution in [0.2, 0.25) is 0 Å². The van der Waals surface area contributed by atoms with E-state index >= 15 is 0 Å². The maximum Gasteiger partial charge on any atom is 0.139 e. The van der Waals surface area contributed by atoms with Gasteiger partial charge in [0.1, 0.15) is 39.2 Å². The van der Waals surface area contributed by atoms with Crippen molar-refractivity contribution in [2.75, 3.05) is 9.80 Å². The first-order chi connectivity index (χ1) is 36.3. The van der Waals surface area contributed by atoms with Gasteiger partial charge < -0.3 is 9.80 Å². The Labute approximate surface area is 440 Å². The van der Waals surface area contributed by atoms with Gasteiger partial charge in [-0.05, 0) is 145 Å². The van der Waals surface area contributed by atoms with Gasteiger partial charge in [-0.2, -0.15) is 0 Å². The van der Waals surface area contributed by atoms with Crippen molar-refractivity contribution in [2.45, 2.75) is 5.41 Å². The maximum absolute atomic E-state index is 2.52. The molecule has 0 heterocycles. The number of hydrogen-bond acceptors (Lipinski definition) is 2. The second kappa shape index (κ2) is 18.1. The summed E-state index contributed by atoms with van der Waals surface area (Å²) in [7, 11) is 11.4. The van der Waals surface area contributed by atoms with Crippen molar-refractivity contribution in [3.63, 3.8) is 0 Å². The average Bonchev–Trinajstić information content (AvgIpc) is 4.03. The zero-order chi connectivity index (χ0) is 50.1. The van der Waals surface area contributed by atoms with Crippen LogP contribution in [0, 0.1) is 0 Å². The zero-order valence-corrected chi connectivity index (χ0v) is 42.6. The van der Waals surface area contributed by atoms with Crippen LogP contribution in [0.1, 0.15) is 22.3 Å². The van der Waals surface area contributed by atoms with Crippen molar-refractivity contribution < 1.29 is 0 Å². The number of hydrogen-bond donors (Lipinski definition) is 0. The van der Waals surface area contributed by atoms with E-state index in [1.54, 1.807) is 0 Å². The van der Waals surface area contributed by atoms with Crippen molar-refractivity contribution in [3.05, 3.63) is 271 Å². The fraction of sp³-hybridized carbons (Fsp3) is 0.0149. The van der Waals surface area contributed by atoms with Gasteiger partial charge in [0.05, 0.1) is 11.1 Å². The van der Waals surface area contributed by atoms with Crippen LogP contribution in [0.5, 0.6) is 0 Å². The van der Waals surface area contributed by atoms with Gasteiger partial charge in [0.15, 0.2) is 0 Å². The van der Waals surface area contributed by atoms with E-state index < -0.39 is 5.41 Å². The van der Waals surface area contributed by atoms with E-state index in [2.05, 4.69) is 298 Å². The van der Waals surface area contributed by atoms with Gasteiger partial charge >= 0.3 is 0 Å². The molecule has 0 aliphatic heterocycles. The number of anilines is 6. The molecule has 2 aliphatic rings. The Morgan fingerprint density at radius 1 is 0.243 bits per heavy atom. The molecule has 0 fully saturated rings. The molecular weight excluding hydrogens is 887 g/mol. The number of nitrogens with zero attached hydrogens (tertiary/aromatic N) is 2. The van der Waals surface area contributed by atoms with Crippen molar-refractivity contribution in [1.29, 1.82) is 0 Å². The first-order valence-electron chi connectivity index (χ1n) is 25.9. The van der Waals surface area contributed by atoms with Crippen LogP contribution in [0.15, 0.2) is 249 Å². The molecule has 11 aromatic rings. The highest BCUT2D eigenvalue weighted by atomic mass is 15.1. The molecule has 0 saturated carbocycles. The summed E-state index contributed by atoms with van der Waals surface area (Å²) >= 11 is 0. The molecule has 344 valence electrons. The minimum atomic E-state index is -0.603. The van der Waals surface area contributed by atoms with E-state index in [1.165, 1.54) is 94.1 Å². The molecule has 0 aromatic heterocycles. The van der Waals surface area contributed by atoms with Gasteiger partial charge in [0.2, 0.25) is 0 Å². The van der Waals surface area contributed by atoms with E-state index in [4.69, 9.17) is 0 Å². The summed E-state index contributed by atoms with van der Waals surface area (Å²) < 4.78 is 0. The summed E-state index contributed by atoms with van der Waals surface area (Å²) in [5, 5.41) is 0. The van der Waals surface area contributed by atoms with Crippen LogP contribution in [0.4, 0.5) is 34.1 Å². The Kier molecular flexibility index (Phi) is 11.1. The summed E-state index contributed by atoms with van der Waals surface area (Å²) in [5.41, 5.74) is 30.4. The molecule has 0 bridgehead atoms.